The van der Waals surface area contributed by atoms with Gasteiger partial charge >= 0.3 is 0 Å². The molecule has 0 spiro atoms. The Bertz CT molecular complexity index is 933. The number of nitrogens with one attached hydrogen (secondary N) is 2. The van der Waals surface area contributed by atoms with E-state index in [0.29, 0.717) is 21.8 Å². The van der Waals surface area contributed by atoms with Gasteiger partial charge in [-0.15, -0.1) is 11.3 Å². The molecule has 23 heavy (non-hydrogen) atoms. The van der Waals surface area contributed by atoms with Crippen LogP contribution in [0.4, 0.5) is 5.69 Å². The number of anilines is 1. The Balaban J connectivity index is 1.80. The molecule has 0 unspecified atom stereocenters. The summed E-state index contributed by atoms with van der Waals surface area (Å²) in [5, 5.41) is 20.5. The first kappa shape index (κ1) is 15.1. The third kappa shape index (κ3) is 3.36. The van der Waals surface area contributed by atoms with Crippen LogP contribution >= 0.6 is 23.6 Å². The molecule has 0 bridgehead atoms. The molecule has 3 rings (SSSR count). The lowest BCUT2D eigenvalue weighted by Crippen LogP contribution is -2.19. The van der Waals surface area contributed by atoms with Gasteiger partial charge < -0.3 is 5.32 Å². The van der Waals surface area contributed by atoms with Gasteiger partial charge in [-0.1, -0.05) is 12.1 Å². The lowest BCUT2D eigenvalue weighted by Gasteiger charge is -2.07. The van der Waals surface area contributed by atoms with Crippen LogP contribution in [0, 0.1) is 16.1 Å². The molecule has 6 nitrogen and oxygen atoms in total. The van der Waals surface area contributed by atoms with Crippen molar-refractivity contribution < 1.29 is 4.79 Å². The second kappa shape index (κ2) is 6.56. The third-order valence-corrected chi connectivity index (χ3v) is 4.25. The number of nitriles is 1. The minimum Gasteiger partial charge on any atom is -0.324 e. The van der Waals surface area contributed by atoms with Gasteiger partial charge in [-0.3, -0.25) is 14.5 Å². The number of aromatic amines is 1. The predicted molar refractivity (Wildman–Crippen MR) is 90.5 cm³/mol. The van der Waals surface area contributed by atoms with Crippen molar-refractivity contribution in [2.45, 2.75) is 6.54 Å². The van der Waals surface area contributed by atoms with Gasteiger partial charge in [0.2, 0.25) is 5.91 Å². The topological polar surface area (TPSA) is 86.5 Å². The normalized spacial score (nSPS) is 10.2. The van der Waals surface area contributed by atoms with Crippen LogP contribution in [0.1, 0.15) is 5.56 Å². The molecule has 1 amide bonds. The average molecular weight is 341 g/mol. The zero-order valence-corrected chi connectivity index (χ0v) is 13.4. The van der Waals surface area contributed by atoms with Crippen molar-refractivity contribution in [2.75, 3.05) is 5.32 Å². The van der Waals surface area contributed by atoms with Crippen molar-refractivity contribution in [1.82, 2.24) is 14.8 Å². The number of aromatic nitrogens is 3. The lowest BCUT2D eigenvalue weighted by molar-refractivity contribution is -0.116. The molecule has 0 aliphatic rings. The number of carbonyl (C=O) groups is 1. The van der Waals surface area contributed by atoms with Crippen LogP contribution in [0.2, 0.25) is 0 Å². The molecule has 1 aromatic carbocycles. The molecule has 8 heteroatoms. The maximum Gasteiger partial charge on any atom is 0.244 e. The van der Waals surface area contributed by atoms with Crippen molar-refractivity contribution in [3.8, 4) is 16.8 Å². The van der Waals surface area contributed by atoms with E-state index in [2.05, 4.69) is 15.5 Å². The van der Waals surface area contributed by atoms with E-state index in [1.54, 1.807) is 28.8 Å². The number of benzene rings is 1. The van der Waals surface area contributed by atoms with Gasteiger partial charge in [-0.25, -0.2) is 0 Å². The number of H-pyrrole nitrogens is 1. The number of hydrogen-bond donors (Lipinski definition) is 2. The fraction of sp³-hybridized carbons (Fsp3) is 0.0667. The lowest BCUT2D eigenvalue weighted by atomic mass is 10.2. The second-order valence-corrected chi connectivity index (χ2v) is 5.99. The van der Waals surface area contributed by atoms with Gasteiger partial charge in [0.15, 0.2) is 10.6 Å². The number of rotatable bonds is 4. The van der Waals surface area contributed by atoms with Crippen molar-refractivity contribution >= 4 is 35.1 Å². The third-order valence-electron chi connectivity index (χ3n) is 3.08. The van der Waals surface area contributed by atoms with Crippen LogP contribution in [0.3, 0.4) is 0 Å². The zero-order valence-electron chi connectivity index (χ0n) is 11.8. The van der Waals surface area contributed by atoms with Crippen LogP contribution in [-0.2, 0) is 11.3 Å². The highest BCUT2D eigenvalue weighted by molar-refractivity contribution is 7.71. The van der Waals surface area contributed by atoms with Crippen molar-refractivity contribution in [3.05, 3.63) is 52.1 Å². The Kier molecular flexibility index (Phi) is 4.32. The quantitative estimate of drug-likeness (QED) is 0.714. The van der Waals surface area contributed by atoms with E-state index in [0.717, 1.165) is 4.88 Å². The van der Waals surface area contributed by atoms with Crippen LogP contribution < -0.4 is 5.32 Å². The minimum absolute atomic E-state index is 0.0410. The molecule has 0 radical (unpaired) electrons. The summed E-state index contributed by atoms with van der Waals surface area (Å²) >= 11 is 6.72. The molecule has 2 heterocycles. The van der Waals surface area contributed by atoms with Crippen LogP contribution in [0.25, 0.3) is 10.7 Å². The summed E-state index contributed by atoms with van der Waals surface area (Å²) in [5.74, 6) is 0.390. The largest absolute Gasteiger partial charge is 0.324 e. The van der Waals surface area contributed by atoms with Gasteiger partial charge in [-0.05, 0) is 41.9 Å². The molecule has 114 valence electrons. The molecule has 0 fully saturated rings. The molecule has 0 atom stereocenters. The number of nitrogens with zero attached hydrogens (tertiary/aromatic N) is 3. The molecule has 0 aliphatic carbocycles. The fourth-order valence-electron chi connectivity index (χ4n) is 2.07. The van der Waals surface area contributed by atoms with E-state index in [9.17, 15) is 4.79 Å². The predicted octanol–water partition coefficient (Wildman–Crippen LogP) is 3.18. The van der Waals surface area contributed by atoms with E-state index in [4.69, 9.17) is 17.5 Å². The Labute approximate surface area is 141 Å². The van der Waals surface area contributed by atoms with Gasteiger partial charge in [0.1, 0.15) is 6.54 Å². The summed E-state index contributed by atoms with van der Waals surface area (Å²) in [6.07, 6.45) is 0. The summed E-state index contributed by atoms with van der Waals surface area (Å²) in [5.41, 5.74) is 1.06. The summed E-state index contributed by atoms with van der Waals surface area (Å²) in [4.78, 5) is 13.2. The summed E-state index contributed by atoms with van der Waals surface area (Å²) in [7, 11) is 0. The Morgan fingerprint density at radius 3 is 3.04 bits per heavy atom. The monoisotopic (exact) mass is 341 g/mol. The summed E-state index contributed by atoms with van der Waals surface area (Å²) < 4.78 is 2.03. The highest BCUT2D eigenvalue weighted by Gasteiger charge is 2.13. The summed E-state index contributed by atoms with van der Waals surface area (Å²) in [6.45, 7) is 0.0410. The maximum absolute atomic E-state index is 12.3. The molecular formula is C15H11N5OS2. The first-order chi connectivity index (χ1) is 11.2. The molecule has 2 aromatic heterocycles. The van der Waals surface area contributed by atoms with Gasteiger partial charge in [0.05, 0.1) is 16.5 Å². The van der Waals surface area contributed by atoms with Crippen molar-refractivity contribution in [3.63, 3.8) is 0 Å². The number of carbonyl (C=O) groups excluding carboxylic acids is 1. The highest BCUT2D eigenvalue weighted by Crippen LogP contribution is 2.22. The van der Waals surface area contributed by atoms with E-state index in [1.807, 2.05) is 23.6 Å². The first-order valence-corrected chi connectivity index (χ1v) is 7.95. The first-order valence-electron chi connectivity index (χ1n) is 6.66. The number of hydrogen-bond acceptors (Lipinski definition) is 5. The summed E-state index contributed by atoms with van der Waals surface area (Å²) in [6, 6.07) is 12.6. The average Bonchev–Trinajstić information content (AvgIpc) is 3.18. The van der Waals surface area contributed by atoms with E-state index in [1.165, 1.54) is 11.3 Å². The van der Waals surface area contributed by atoms with Crippen molar-refractivity contribution in [1.29, 1.82) is 5.26 Å². The second-order valence-electron chi connectivity index (χ2n) is 4.66. The number of thiophene rings is 1. The molecule has 0 saturated carbocycles. The minimum atomic E-state index is -0.240. The van der Waals surface area contributed by atoms with E-state index < -0.39 is 0 Å². The fourth-order valence-corrected chi connectivity index (χ4v) is 2.99. The molecular weight excluding hydrogens is 330 g/mol. The zero-order chi connectivity index (χ0) is 16.2. The van der Waals surface area contributed by atoms with E-state index in [-0.39, 0.29) is 12.5 Å². The molecule has 2 N–H and O–H groups in total. The number of amides is 1. The smallest absolute Gasteiger partial charge is 0.244 e. The van der Waals surface area contributed by atoms with Crippen LogP contribution in [0.5, 0.6) is 0 Å². The molecule has 3 aromatic rings. The Morgan fingerprint density at radius 2 is 2.30 bits per heavy atom. The Hall–Kier alpha value is -2.76. The highest BCUT2D eigenvalue weighted by atomic mass is 32.1. The van der Waals surface area contributed by atoms with Crippen LogP contribution in [0.15, 0.2) is 41.8 Å². The molecule has 0 aliphatic heterocycles. The van der Waals surface area contributed by atoms with E-state index >= 15 is 0 Å². The van der Waals surface area contributed by atoms with Gasteiger partial charge in [0.25, 0.3) is 0 Å². The Morgan fingerprint density at radius 1 is 1.43 bits per heavy atom. The SMILES string of the molecule is N#Cc1cccc(NC(=O)Cn2c(-c3cccs3)n[nH]c2=S)c1. The van der Waals surface area contributed by atoms with Crippen LogP contribution in [-0.4, -0.2) is 20.7 Å². The van der Waals surface area contributed by atoms with Gasteiger partial charge in [0, 0.05) is 5.69 Å². The van der Waals surface area contributed by atoms with Crippen molar-refractivity contribution in [2.24, 2.45) is 0 Å². The standard InChI is InChI=1S/C15H11N5OS2/c16-8-10-3-1-4-11(7-10)17-13(21)9-20-14(18-19-15(20)22)12-5-2-6-23-12/h1-7H,9H2,(H,17,21)(H,19,22). The molecule has 0 saturated heterocycles. The van der Waals surface area contributed by atoms with Gasteiger partial charge in [-0.2, -0.15) is 10.4 Å². The maximum atomic E-state index is 12.3.